The van der Waals surface area contributed by atoms with Gasteiger partial charge in [-0.2, -0.15) is 0 Å². The van der Waals surface area contributed by atoms with Crippen molar-refractivity contribution in [1.29, 1.82) is 0 Å². The summed E-state index contributed by atoms with van der Waals surface area (Å²) in [6.07, 6.45) is 8.92. The fraction of sp³-hybridized carbons (Fsp3) is 0.824. The smallest absolute Gasteiger partial charge is 0.335 e. The van der Waals surface area contributed by atoms with E-state index in [4.69, 9.17) is 31.9 Å². The molecule has 9 heteroatoms. The second-order valence-corrected chi connectivity index (χ2v) is 6.05. The van der Waals surface area contributed by atoms with Crippen molar-refractivity contribution in [2.45, 2.75) is 83.3 Å². The van der Waals surface area contributed by atoms with E-state index < -0.39 is 24.1 Å². The van der Waals surface area contributed by atoms with Gasteiger partial charge in [0.25, 0.3) is 0 Å². The van der Waals surface area contributed by atoms with Gasteiger partial charge < -0.3 is 31.9 Å². The van der Waals surface area contributed by atoms with E-state index in [2.05, 4.69) is 11.9 Å². The Hall–Kier alpha value is -1.87. The highest BCUT2D eigenvalue weighted by Gasteiger charge is 2.29. The third kappa shape index (κ3) is 18.5. The number of hydrogen-bond donors (Lipinski definition) is 6. The molecule has 2 atom stereocenters. The highest BCUT2D eigenvalue weighted by molar-refractivity contribution is 5.83. The quantitative estimate of drug-likeness (QED) is 0.148. The number of carboxylic acids is 2. The Balaban J connectivity index is 0. The zero-order valence-corrected chi connectivity index (χ0v) is 15.6. The molecule has 0 fully saturated rings. The normalized spacial score (nSPS) is 12.4. The number of aliphatic imine (C=N–C) groups is 1. The van der Waals surface area contributed by atoms with Crippen molar-refractivity contribution < 1.29 is 30.0 Å². The summed E-state index contributed by atoms with van der Waals surface area (Å²) in [4.78, 5) is 23.5. The molecule has 8 N–H and O–H groups in total. The SMILES string of the molecule is CCCCCCCCCCCCN=C(N)N.O=C(O)C(O)C(O)C(=O)O. The van der Waals surface area contributed by atoms with Gasteiger partial charge in [0.2, 0.25) is 0 Å². The fourth-order valence-electron chi connectivity index (χ4n) is 2.08. The third-order valence-corrected chi connectivity index (χ3v) is 3.61. The molecule has 154 valence electrons. The number of carboxylic acid groups (broad SMARTS) is 2. The minimum absolute atomic E-state index is 0.218. The number of rotatable bonds is 14. The van der Waals surface area contributed by atoms with Crippen LogP contribution in [-0.2, 0) is 9.59 Å². The van der Waals surface area contributed by atoms with E-state index in [-0.39, 0.29) is 5.96 Å². The molecular weight excluding hydrogens is 342 g/mol. The highest BCUT2D eigenvalue weighted by Crippen LogP contribution is 2.10. The number of hydrogen-bond acceptors (Lipinski definition) is 5. The van der Waals surface area contributed by atoms with Gasteiger partial charge in [0.05, 0.1) is 0 Å². The summed E-state index contributed by atoms with van der Waals surface area (Å²) >= 11 is 0. The van der Waals surface area contributed by atoms with Crippen molar-refractivity contribution >= 4 is 17.9 Å². The lowest BCUT2D eigenvalue weighted by molar-refractivity contribution is -0.165. The Morgan fingerprint density at radius 1 is 0.769 bits per heavy atom. The Kier molecular flexibility index (Phi) is 18.2. The zero-order chi connectivity index (χ0) is 20.4. The van der Waals surface area contributed by atoms with E-state index in [0.717, 1.165) is 13.0 Å². The molecular formula is C17H35N3O6. The maximum atomic E-state index is 9.77. The van der Waals surface area contributed by atoms with Gasteiger partial charge in [-0.1, -0.05) is 64.7 Å². The van der Waals surface area contributed by atoms with Gasteiger partial charge in [-0.15, -0.1) is 0 Å². The molecule has 0 saturated heterocycles. The lowest BCUT2D eigenvalue weighted by Crippen LogP contribution is -2.39. The number of nitrogens with zero attached hydrogens (tertiary/aromatic N) is 1. The molecule has 0 aliphatic rings. The predicted molar refractivity (Wildman–Crippen MR) is 99.8 cm³/mol. The summed E-state index contributed by atoms with van der Waals surface area (Å²) in [5, 5.41) is 32.5. The van der Waals surface area contributed by atoms with Crippen LogP contribution in [0.3, 0.4) is 0 Å². The van der Waals surface area contributed by atoms with Crippen LogP contribution in [0.2, 0.25) is 0 Å². The molecule has 0 radical (unpaired) electrons. The van der Waals surface area contributed by atoms with Gasteiger partial charge in [0.15, 0.2) is 18.2 Å². The van der Waals surface area contributed by atoms with Gasteiger partial charge in [-0.05, 0) is 6.42 Å². The number of aliphatic hydroxyl groups excluding tert-OH is 2. The van der Waals surface area contributed by atoms with Crippen LogP contribution in [0.4, 0.5) is 0 Å². The summed E-state index contributed by atoms with van der Waals surface area (Å²) < 4.78 is 0. The predicted octanol–water partition coefficient (Wildman–Crippen LogP) is 1.06. The van der Waals surface area contributed by atoms with Gasteiger partial charge in [0.1, 0.15) is 0 Å². The largest absolute Gasteiger partial charge is 0.479 e. The van der Waals surface area contributed by atoms with Crippen molar-refractivity contribution in [1.82, 2.24) is 0 Å². The Bertz CT molecular complexity index is 382. The first-order chi connectivity index (χ1) is 12.2. The highest BCUT2D eigenvalue weighted by atomic mass is 16.4. The Labute approximate surface area is 155 Å². The van der Waals surface area contributed by atoms with Crippen molar-refractivity contribution in [2.75, 3.05) is 6.54 Å². The molecule has 0 aromatic carbocycles. The molecule has 0 aliphatic heterocycles. The first-order valence-corrected chi connectivity index (χ1v) is 9.11. The number of aliphatic hydroxyl groups is 2. The van der Waals surface area contributed by atoms with Crippen LogP contribution >= 0.6 is 0 Å². The number of nitrogens with two attached hydrogens (primary N) is 2. The Morgan fingerprint density at radius 2 is 1.12 bits per heavy atom. The van der Waals surface area contributed by atoms with E-state index in [1.54, 1.807) is 0 Å². The summed E-state index contributed by atoms with van der Waals surface area (Å²) in [5.74, 6) is -3.32. The van der Waals surface area contributed by atoms with Crippen LogP contribution in [0.5, 0.6) is 0 Å². The molecule has 0 bridgehead atoms. The van der Waals surface area contributed by atoms with Crippen molar-refractivity contribution in [3.63, 3.8) is 0 Å². The molecule has 9 nitrogen and oxygen atoms in total. The minimum Gasteiger partial charge on any atom is -0.479 e. The molecule has 0 aromatic rings. The van der Waals surface area contributed by atoms with Crippen LogP contribution in [0, 0.1) is 0 Å². The monoisotopic (exact) mass is 377 g/mol. The van der Waals surface area contributed by atoms with E-state index in [1.807, 2.05) is 0 Å². The van der Waals surface area contributed by atoms with Gasteiger partial charge in [0, 0.05) is 6.54 Å². The first kappa shape index (κ1) is 26.4. The molecule has 26 heavy (non-hydrogen) atoms. The van der Waals surface area contributed by atoms with Crippen molar-refractivity contribution in [3.8, 4) is 0 Å². The van der Waals surface area contributed by atoms with Gasteiger partial charge >= 0.3 is 11.9 Å². The number of carbonyl (C=O) groups is 2. The molecule has 2 unspecified atom stereocenters. The maximum Gasteiger partial charge on any atom is 0.335 e. The average Bonchev–Trinajstić information content (AvgIpc) is 2.58. The summed E-state index contributed by atoms with van der Waals surface area (Å²) in [5.41, 5.74) is 10.5. The first-order valence-electron chi connectivity index (χ1n) is 9.11. The van der Waals surface area contributed by atoms with Gasteiger partial charge in [-0.25, -0.2) is 9.59 Å². The van der Waals surface area contributed by atoms with E-state index >= 15 is 0 Å². The number of unbranched alkanes of at least 4 members (excludes halogenated alkanes) is 9. The van der Waals surface area contributed by atoms with E-state index in [0.29, 0.717) is 0 Å². The fourth-order valence-corrected chi connectivity index (χ4v) is 2.08. The zero-order valence-electron chi connectivity index (χ0n) is 15.6. The molecule has 0 aliphatic carbocycles. The second-order valence-electron chi connectivity index (χ2n) is 6.05. The second kappa shape index (κ2) is 17.9. The molecule has 0 saturated carbocycles. The lowest BCUT2D eigenvalue weighted by atomic mass is 10.1. The van der Waals surface area contributed by atoms with Crippen LogP contribution in [0.15, 0.2) is 4.99 Å². The molecule has 0 heterocycles. The van der Waals surface area contributed by atoms with Crippen molar-refractivity contribution in [2.24, 2.45) is 16.5 Å². The topological polar surface area (TPSA) is 179 Å². The minimum atomic E-state index is -2.27. The molecule has 0 aromatic heterocycles. The number of aliphatic carboxylic acids is 2. The lowest BCUT2D eigenvalue weighted by Gasteiger charge is -2.07. The van der Waals surface area contributed by atoms with Crippen LogP contribution in [-0.4, -0.2) is 57.1 Å². The molecule has 0 amide bonds. The summed E-state index contributed by atoms with van der Waals surface area (Å²) in [6.45, 7) is 3.05. The van der Waals surface area contributed by atoms with E-state index in [1.165, 1.54) is 57.8 Å². The van der Waals surface area contributed by atoms with Crippen molar-refractivity contribution in [3.05, 3.63) is 0 Å². The summed E-state index contributed by atoms with van der Waals surface area (Å²) in [7, 11) is 0. The molecule has 0 rings (SSSR count). The van der Waals surface area contributed by atoms with Crippen LogP contribution < -0.4 is 11.5 Å². The standard InChI is InChI=1S/C13H29N3.C4H6O6/c1-2-3-4-5-6-7-8-9-10-11-12-16-13(14)15;5-1(3(7)8)2(6)4(9)10/h2-12H2,1H3,(H4,14,15,16);1-2,5-6H,(H,7,8)(H,9,10). The van der Waals surface area contributed by atoms with Gasteiger partial charge in [-0.3, -0.25) is 4.99 Å². The van der Waals surface area contributed by atoms with Crippen LogP contribution in [0.1, 0.15) is 71.1 Å². The molecule has 0 spiro atoms. The summed E-state index contributed by atoms with van der Waals surface area (Å²) in [6, 6.07) is 0. The maximum absolute atomic E-state index is 9.77. The average molecular weight is 377 g/mol. The third-order valence-electron chi connectivity index (χ3n) is 3.61. The number of guanidine groups is 1. The van der Waals surface area contributed by atoms with Crippen LogP contribution in [0.25, 0.3) is 0 Å². The Morgan fingerprint density at radius 3 is 1.42 bits per heavy atom. The van der Waals surface area contributed by atoms with E-state index in [9.17, 15) is 9.59 Å².